The molecule has 1 aromatic carbocycles. The largest absolute Gasteiger partial charge is 0.336 e. The highest BCUT2D eigenvalue weighted by molar-refractivity contribution is 5.94. The van der Waals surface area contributed by atoms with Crippen molar-refractivity contribution in [3.8, 4) is 0 Å². The first kappa shape index (κ1) is 20.0. The Balaban J connectivity index is 1.43. The molecule has 1 fully saturated rings. The summed E-state index contributed by atoms with van der Waals surface area (Å²) >= 11 is 0. The van der Waals surface area contributed by atoms with Crippen LogP contribution in [0.15, 0.2) is 39.9 Å². The van der Waals surface area contributed by atoms with E-state index in [2.05, 4.69) is 19.9 Å². The van der Waals surface area contributed by atoms with Gasteiger partial charge in [-0.25, -0.2) is 4.98 Å². The number of rotatable bonds is 4. The van der Waals surface area contributed by atoms with E-state index in [0.29, 0.717) is 49.5 Å². The van der Waals surface area contributed by atoms with Crippen LogP contribution in [-0.4, -0.2) is 56.8 Å². The van der Waals surface area contributed by atoms with Gasteiger partial charge in [0.1, 0.15) is 11.4 Å². The Hall–Kier alpha value is -3.26. The smallest absolute Gasteiger partial charge is 0.261 e. The molecular formula is C22H25N5O3. The van der Waals surface area contributed by atoms with Gasteiger partial charge < -0.3 is 14.9 Å². The minimum Gasteiger partial charge on any atom is -0.336 e. The first-order chi connectivity index (χ1) is 14.5. The normalized spacial score (nSPS) is 14.9. The van der Waals surface area contributed by atoms with Crippen LogP contribution >= 0.6 is 0 Å². The van der Waals surface area contributed by atoms with Crippen molar-refractivity contribution in [2.75, 3.05) is 26.2 Å². The summed E-state index contributed by atoms with van der Waals surface area (Å²) in [6.45, 7) is 6.71. The van der Waals surface area contributed by atoms with Gasteiger partial charge in [-0.3, -0.25) is 19.3 Å². The molecule has 30 heavy (non-hydrogen) atoms. The number of benzene rings is 1. The predicted molar refractivity (Wildman–Crippen MR) is 115 cm³/mol. The maximum atomic E-state index is 12.9. The number of hydrogen-bond acceptors (Lipinski definition) is 5. The lowest BCUT2D eigenvalue weighted by Crippen LogP contribution is -2.49. The van der Waals surface area contributed by atoms with Crippen molar-refractivity contribution in [1.82, 2.24) is 24.8 Å². The van der Waals surface area contributed by atoms with Crippen molar-refractivity contribution in [3.05, 3.63) is 73.7 Å². The van der Waals surface area contributed by atoms with Crippen LogP contribution in [0.1, 0.15) is 34.4 Å². The number of nitrogens with zero attached hydrogens (tertiary/aromatic N) is 3. The van der Waals surface area contributed by atoms with Crippen LogP contribution in [0.25, 0.3) is 10.9 Å². The second-order valence-corrected chi connectivity index (χ2v) is 7.63. The zero-order valence-electron chi connectivity index (χ0n) is 17.2. The summed E-state index contributed by atoms with van der Waals surface area (Å²) < 4.78 is 0. The number of piperazine rings is 1. The van der Waals surface area contributed by atoms with E-state index in [0.717, 1.165) is 17.7 Å². The molecular weight excluding hydrogens is 382 g/mol. The highest BCUT2D eigenvalue weighted by atomic mass is 16.2. The van der Waals surface area contributed by atoms with Crippen LogP contribution < -0.4 is 11.1 Å². The van der Waals surface area contributed by atoms with Crippen LogP contribution in [0.5, 0.6) is 0 Å². The van der Waals surface area contributed by atoms with Crippen molar-refractivity contribution in [3.63, 3.8) is 0 Å². The summed E-state index contributed by atoms with van der Waals surface area (Å²) in [4.78, 5) is 51.5. The van der Waals surface area contributed by atoms with E-state index in [-0.39, 0.29) is 22.6 Å². The second-order valence-electron chi connectivity index (χ2n) is 7.63. The molecule has 3 aromatic rings. The van der Waals surface area contributed by atoms with Gasteiger partial charge in [0.05, 0.1) is 17.4 Å². The molecule has 8 nitrogen and oxygen atoms in total. The summed E-state index contributed by atoms with van der Waals surface area (Å²) in [5.74, 6) is 0.375. The second kappa shape index (κ2) is 8.23. The summed E-state index contributed by atoms with van der Waals surface area (Å²) in [6, 6.07) is 8.95. The first-order valence-corrected chi connectivity index (χ1v) is 10.2. The Labute approximate surface area is 173 Å². The number of H-pyrrole nitrogens is 2. The maximum absolute atomic E-state index is 12.9. The molecule has 1 saturated heterocycles. The van der Waals surface area contributed by atoms with Crippen LogP contribution in [0.2, 0.25) is 0 Å². The number of para-hydroxylation sites is 1. The molecule has 1 amide bonds. The van der Waals surface area contributed by atoms with Gasteiger partial charge in [0, 0.05) is 31.9 Å². The van der Waals surface area contributed by atoms with Gasteiger partial charge >= 0.3 is 0 Å². The molecule has 0 unspecified atom stereocenters. The lowest BCUT2D eigenvalue weighted by atomic mass is 10.1. The summed E-state index contributed by atoms with van der Waals surface area (Å²) in [5, 5.41) is 0.575. The van der Waals surface area contributed by atoms with E-state index in [4.69, 9.17) is 0 Å². The quantitative estimate of drug-likeness (QED) is 0.681. The topological polar surface area (TPSA) is 102 Å². The van der Waals surface area contributed by atoms with Crippen molar-refractivity contribution < 1.29 is 4.79 Å². The number of aryl methyl sites for hydroxylation is 2. The number of pyridine rings is 1. The Morgan fingerprint density at radius 1 is 1.07 bits per heavy atom. The lowest BCUT2D eigenvalue weighted by molar-refractivity contribution is 0.0623. The zero-order chi connectivity index (χ0) is 21.3. The standard InChI is InChI=1S/C22H25N5O3/c1-3-17-14(2)12-16(21(29)24-17)22(30)27-10-8-26(9-11-27)13-19-23-18-7-5-4-6-15(18)20(28)25-19/h4-7,12H,3,8-11,13H2,1-2H3,(H,24,29)(H,23,25,28). The fraction of sp³-hybridized carbons (Fsp3) is 0.364. The highest BCUT2D eigenvalue weighted by Gasteiger charge is 2.25. The highest BCUT2D eigenvalue weighted by Crippen LogP contribution is 2.12. The molecule has 1 aliphatic heterocycles. The molecule has 2 N–H and O–H groups in total. The van der Waals surface area contributed by atoms with Crippen molar-refractivity contribution >= 4 is 16.8 Å². The van der Waals surface area contributed by atoms with Crippen molar-refractivity contribution in [1.29, 1.82) is 0 Å². The molecule has 0 bridgehead atoms. The molecule has 0 radical (unpaired) electrons. The van der Waals surface area contributed by atoms with Crippen LogP contribution in [0, 0.1) is 6.92 Å². The van der Waals surface area contributed by atoms with Crippen LogP contribution in [0.4, 0.5) is 0 Å². The van der Waals surface area contributed by atoms with E-state index in [9.17, 15) is 14.4 Å². The number of aromatic amines is 2. The lowest BCUT2D eigenvalue weighted by Gasteiger charge is -2.34. The molecule has 0 aliphatic carbocycles. The molecule has 0 saturated carbocycles. The average molecular weight is 407 g/mol. The molecule has 0 spiro atoms. The summed E-state index contributed by atoms with van der Waals surface area (Å²) in [5.41, 5.74) is 2.18. The minimum absolute atomic E-state index is 0.144. The van der Waals surface area contributed by atoms with Gasteiger partial charge in [-0.1, -0.05) is 19.1 Å². The van der Waals surface area contributed by atoms with Crippen molar-refractivity contribution in [2.24, 2.45) is 0 Å². The van der Waals surface area contributed by atoms with Gasteiger partial charge in [-0.05, 0) is 37.1 Å². The average Bonchev–Trinajstić information content (AvgIpc) is 2.75. The van der Waals surface area contributed by atoms with E-state index >= 15 is 0 Å². The Bertz CT molecular complexity index is 1210. The number of aromatic nitrogens is 3. The van der Waals surface area contributed by atoms with E-state index in [1.807, 2.05) is 32.0 Å². The summed E-state index contributed by atoms with van der Waals surface area (Å²) in [6.07, 6.45) is 0.721. The zero-order valence-corrected chi connectivity index (χ0v) is 17.2. The van der Waals surface area contributed by atoms with Crippen LogP contribution in [-0.2, 0) is 13.0 Å². The Morgan fingerprint density at radius 3 is 2.53 bits per heavy atom. The molecule has 1 aliphatic rings. The summed E-state index contributed by atoms with van der Waals surface area (Å²) in [7, 11) is 0. The number of fused-ring (bicyclic) bond motifs is 1. The number of carbonyl (C=O) groups excluding carboxylic acids is 1. The number of hydrogen-bond donors (Lipinski definition) is 2. The van der Waals surface area contributed by atoms with E-state index in [1.165, 1.54) is 0 Å². The fourth-order valence-electron chi connectivity index (χ4n) is 3.90. The van der Waals surface area contributed by atoms with Crippen LogP contribution in [0.3, 0.4) is 0 Å². The van der Waals surface area contributed by atoms with Crippen molar-refractivity contribution in [2.45, 2.75) is 26.8 Å². The number of amides is 1. The monoisotopic (exact) mass is 407 g/mol. The molecule has 8 heteroatoms. The van der Waals surface area contributed by atoms with Gasteiger partial charge in [-0.15, -0.1) is 0 Å². The van der Waals surface area contributed by atoms with Gasteiger partial charge in [0.25, 0.3) is 17.0 Å². The first-order valence-electron chi connectivity index (χ1n) is 10.2. The third kappa shape index (κ3) is 3.91. The van der Waals surface area contributed by atoms with Gasteiger partial charge in [0.15, 0.2) is 0 Å². The minimum atomic E-state index is -0.331. The van der Waals surface area contributed by atoms with Gasteiger partial charge in [-0.2, -0.15) is 0 Å². The van der Waals surface area contributed by atoms with E-state index < -0.39 is 0 Å². The Kier molecular flexibility index (Phi) is 5.50. The molecule has 2 aromatic heterocycles. The van der Waals surface area contributed by atoms with Gasteiger partial charge in [0.2, 0.25) is 0 Å². The van der Waals surface area contributed by atoms with E-state index in [1.54, 1.807) is 17.0 Å². The third-order valence-corrected chi connectivity index (χ3v) is 5.62. The predicted octanol–water partition coefficient (Wildman–Crippen LogP) is 1.44. The SMILES string of the molecule is CCc1[nH]c(=O)c(C(=O)N2CCN(Cc3nc4ccccc4c(=O)[nH]3)CC2)cc1C. The fourth-order valence-corrected chi connectivity index (χ4v) is 3.90. The Morgan fingerprint density at radius 2 is 1.80 bits per heavy atom. The molecule has 4 rings (SSSR count). The molecule has 0 atom stereocenters. The molecule has 156 valence electrons. The number of carbonyl (C=O) groups is 1. The molecule has 3 heterocycles. The third-order valence-electron chi connectivity index (χ3n) is 5.62. The number of nitrogens with one attached hydrogen (secondary N) is 2. The maximum Gasteiger partial charge on any atom is 0.261 e.